The number of anilines is 1. The predicted octanol–water partition coefficient (Wildman–Crippen LogP) is 5.75. The van der Waals surface area contributed by atoms with Crippen LogP contribution in [0.5, 0.6) is 5.75 Å². The molecule has 1 aliphatic heterocycles. The zero-order chi connectivity index (χ0) is 23.7. The molecule has 2 aliphatic rings. The SMILES string of the molecule is CCOc1ccc(N2C(=O)c3cc4sccc4n3C[C@]2(C)C(=O)NC2CCCCCCC2)cc1. The van der Waals surface area contributed by atoms with E-state index >= 15 is 0 Å². The number of aromatic nitrogens is 1. The molecule has 1 saturated carbocycles. The highest BCUT2D eigenvalue weighted by atomic mass is 32.1. The van der Waals surface area contributed by atoms with Crippen LogP contribution in [0.15, 0.2) is 41.8 Å². The molecule has 1 aliphatic carbocycles. The number of rotatable bonds is 5. The van der Waals surface area contributed by atoms with Crippen LogP contribution in [-0.2, 0) is 11.3 Å². The summed E-state index contributed by atoms with van der Waals surface area (Å²) in [5.74, 6) is 0.525. The van der Waals surface area contributed by atoms with Crippen molar-refractivity contribution in [2.75, 3.05) is 11.5 Å². The van der Waals surface area contributed by atoms with Crippen LogP contribution >= 0.6 is 11.3 Å². The van der Waals surface area contributed by atoms with Gasteiger partial charge in [0, 0.05) is 11.7 Å². The number of fused-ring (bicyclic) bond motifs is 3. The van der Waals surface area contributed by atoms with Gasteiger partial charge in [0.2, 0.25) is 5.91 Å². The molecule has 0 spiro atoms. The molecule has 1 N–H and O–H groups in total. The number of nitrogens with zero attached hydrogens (tertiary/aromatic N) is 2. The maximum absolute atomic E-state index is 14.0. The minimum Gasteiger partial charge on any atom is -0.494 e. The van der Waals surface area contributed by atoms with Gasteiger partial charge in [-0.25, -0.2) is 0 Å². The van der Waals surface area contributed by atoms with Crippen molar-refractivity contribution in [1.82, 2.24) is 9.88 Å². The Bertz CT molecular complexity index is 1170. The first-order chi connectivity index (χ1) is 16.5. The predicted molar refractivity (Wildman–Crippen MR) is 137 cm³/mol. The summed E-state index contributed by atoms with van der Waals surface area (Å²) >= 11 is 1.62. The highest BCUT2D eigenvalue weighted by molar-refractivity contribution is 7.17. The van der Waals surface area contributed by atoms with E-state index in [0.29, 0.717) is 24.5 Å². The van der Waals surface area contributed by atoms with E-state index in [1.54, 1.807) is 16.2 Å². The summed E-state index contributed by atoms with van der Waals surface area (Å²) in [7, 11) is 0. The van der Waals surface area contributed by atoms with Gasteiger partial charge in [0.25, 0.3) is 5.91 Å². The van der Waals surface area contributed by atoms with Crippen LogP contribution < -0.4 is 15.0 Å². The zero-order valence-corrected chi connectivity index (χ0v) is 20.8. The minimum absolute atomic E-state index is 0.0805. The van der Waals surface area contributed by atoms with Gasteiger partial charge in [-0.05, 0) is 68.5 Å². The van der Waals surface area contributed by atoms with Gasteiger partial charge in [-0.1, -0.05) is 32.1 Å². The maximum Gasteiger partial charge on any atom is 0.275 e. The Hall–Kier alpha value is -2.80. The van der Waals surface area contributed by atoms with E-state index in [2.05, 4.69) is 5.32 Å². The first kappa shape index (κ1) is 23.0. The number of nitrogens with one attached hydrogen (secondary N) is 1. The fourth-order valence-corrected chi connectivity index (χ4v) is 6.24. The van der Waals surface area contributed by atoms with Crippen molar-refractivity contribution >= 4 is 39.1 Å². The molecule has 3 aromatic rings. The lowest BCUT2D eigenvalue weighted by Crippen LogP contribution is -2.65. The van der Waals surface area contributed by atoms with E-state index in [1.807, 2.05) is 60.2 Å². The first-order valence-electron chi connectivity index (χ1n) is 12.5. The van der Waals surface area contributed by atoms with Gasteiger partial charge in [0.05, 0.1) is 23.4 Å². The zero-order valence-electron chi connectivity index (χ0n) is 20.0. The number of hydrogen-bond donors (Lipinski definition) is 1. The second-order valence-corrected chi connectivity index (χ2v) is 10.6. The Balaban J connectivity index is 1.52. The normalized spacial score (nSPS) is 21.7. The third-order valence-corrected chi connectivity index (χ3v) is 8.09. The molecule has 5 rings (SSSR count). The number of thiophene rings is 1. The van der Waals surface area contributed by atoms with Crippen LogP contribution in [0.25, 0.3) is 10.2 Å². The number of amides is 2. The first-order valence-corrected chi connectivity index (χ1v) is 13.3. The van der Waals surface area contributed by atoms with Crippen molar-refractivity contribution < 1.29 is 14.3 Å². The highest BCUT2D eigenvalue weighted by Gasteiger charge is 2.49. The number of carbonyl (C=O) groups is 2. The summed E-state index contributed by atoms with van der Waals surface area (Å²) in [5.41, 5.74) is 1.31. The molecule has 1 atom stereocenters. The number of ether oxygens (including phenoxy) is 1. The summed E-state index contributed by atoms with van der Waals surface area (Å²) in [6.07, 6.45) is 8.02. The average Bonchev–Trinajstić information content (AvgIpc) is 3.39. The second-order valence-electron chi connectivity index (χ2n) is 9.64. The van der Waals surface area contributed by atoms with Crippen LogP contribution in [0.2, 0.25) is 0 Å². The summed E-state index contributed by atoms with van der Waals surface area (Å²) in [5, 5.41) is 5.38. The Morgan fingerprint density at radius 3 is 2.53 bits per heavy atom. The topological polar surface area (TPSA) is 63.6 Å². The molecule has 6 nitrogen and oxygen atoms in total. The lowest BCUT2D eigenvalue weighted by molar-refractivity contribution is -0.127. The third-order valence-electron chi connectivity index (χ3n) is 7.24. The summed E-state index contributed by atoms with van der Waals surface area (Å²) in [4.78, 5) is 29.6. The van der Waals surface area contributed by atoms with Crippen LogP contribution in [0.1, 0.15) is 69.3 Å². The molecule has 0 radical (unpaired) electrons. The Kier molecular flexibility index (Phi) is 6.38. The van der Waals surface area contributed by atoms with Crippen molar-refractivity contribution in [2.45, 2.75) is 76.9 Å². The van der Waals surface area contributed by atoms with Crippen molar-refractivity contribution in [3.63, 3.8) is 0 Å². The van der Waals surface area contributed by atoms with Crippen molar-refractivity contribution in [3.05, 3.63) is 47.5 Å². The largest absolute Gasteiger partial charge is 0.494 e. The molecule has 2 aromatic heterocycles. The van der Waals surface area contributed by atoms with E-state index < -0.39 is 5.54 Å². The molecule has 2 amide bonds. The van der Waals surface area contributed by atoms with Gasteiger partial charge in [0.1, 0.15) is 17.0 Å². The molecule has 0 unspecified atom stereocenters. The number of hydrogen-bond acceptors (Lipinski definition) is 4. The smallest absolute Gasteiger partial charge is 0.275 e. The number of carbonyl (C=O) groups excluding carboxylic acids is 2. The molecule has 1 fully saturated rings. The molecular weight excluding hydrogens is 446 g/mol. The lowest BCUT2D eigenvalue weighted by Gasteiger charge is -2.44. The van der Waals surface area contributed by atoms with Gasteiger partial charge < -0.3 is 14.6 Å². The Labute approximate surface area is 204 Å². The van der Waals surface area contributed by atoms with Crippen LogP contribution in [-0.4, -0.2) is 34.6 Å². The quantitative estimate of drug-likeness (QED) is 0.507. The molecule has 34 heavy (non-hydrogen) atoms. The number of benzene rings is 1. The fraction of sp³-hybridized carbons (Fsp3) is 0.481. The molecule has 7 heteroatoms. The van der Waals surface area contributed by atoms with Crippen molar-refractivity contribution in [2.24, 2.45) is 0 Å². The van der Waals surface area contributed by atoms with Gasteiger partial charge in [-0.2, -0.15) is 0 Å². The standard InChI is InChI=1S/C27H33N3O3S/c1-3-33-21-13-11-20(12-14-21)30-25(31)23-17-24-22(15-16-34-24)29(23)18-27(30,2)26(32)28-19-9-7-5-4-6-8-10-19/h11-17,19H,3-10,18H2,1-2H3,(H,28,32)/t27-/m1/s1. The average molecular weight is 480 g/mol. The lowest BCUT2D eigenvalue weighted by atomic mass is 9.91. The van der Waals surface area contributed by atoms with E-state index in [-0.39, 0.29) is 17.9 Å². The van der Waals surface area contributed by atoms with Crippen molar-refractivity contribution in [3.8, 4) is 5.75 Å². The summed E-state index contributed by atoms with van der Waals surface area (Å²) in [6.45, 7) is 4.84. The van der Waals surface area contributed by atoms with Gasteiger partial charge in [0.15, 0.2) is 0 Å². The van der Waals surface area contributed by atoms with E-state index in [4.69, 9.17) is 4.74 Å². The fourth-order valence-electron chi connectivity index (χ4n) is 5.42. The Morgan fingerprint density at radius 2 is 1.82 bits per heavy atom. The maximum atomic E-state index is 14.0. The van der Waals surface area contributed by atoms with Gasteiger partial charge in [-0.15, -0.1) is 11.3 Å². The van der Waals surface area contributed by atoms with E-state index in [0.717, 1.165) is 41.6 Å². The summed E-state index contributed by atoms with van der Waals surface area (Å²) < 4.78 is 8.69. The molecule has 180 valence electrons. The second kappa shape index (κ2) is 9.45. The molecule has 1 aromatic carbocycles. The van der Waals surface area contributed by atoms with Crippen LogP contribution in [0, 0.1) is 0 Å². The van der Waals surface area contributed by atoms with E-state index in [9.17, 15) is 9.59 Å². The third kappa shape index (κ3) is 4.11. The van der Waals surface area contributed by atoms with E-state index in [1.165, 1.54) is 19.3 Å². The van der Waals surface area contributed by atoms with Gasteiger partial charge >= 0.3 is 0 Å². The van der Waals surface area contributed by atoms with Crippen LogP contribution in [0.4, 0.5) is 5.69 Å². The highest BCUT2D eigenvalue weighted by Crippen LogP contribution is 2.38. The summed E-state index contributed by atoms with van der Waals surface area (Å²) in [6, 6.07) is 11.6. The minimum atomic E-state index is -1.05. The Morgan fingerprint density at radius 1 is 1.12 bits per heavy atom. The molecule has 0 saturated heterocycles. The van der Waals surface area contributed by atoms with Crippen molar-refractivity contribution in [1.29, 1.82) is 0 Å². The van der Waals surface area contributed by atoms with Crippen LogP contribution in [0.3, 0.4) is 0 Å². The molecule has 0 bridgehead atoms. The molecular formula is C27H33N3O3S. The molecule has 3 heterocycles. The van der Waals surface area contributed by atoms with Gasteiger partial charge in [-0.3, -0.25) is 14.5 Å². The monoisotopic (exact) mass is 479 g/mol.